The van der Waals surface area contributed by atoms with Gasteiger partial charge in [-0.1, -0.05) is 17.7 Å². The second-order valence-electron chi connectivity index (χ2n) is 2.58. The first-order valence-corrected chi connectivity index (χ1v) is 3.92. The molecule has 0 aromatic heterocycles. The van der Waals surface area contributed by atoms with Crippen molar-refractivity contribution < 1.29 is 13.2 Å². The Hall–Kier alpha value is -1.23. The van der Waals surface area contributed by atoms with Gasteiger partial charge in [0.15, 0.2) is 0 Å². The van der Waals surface area contributed by atoms with Crippen LogP contribution in [0.5, 0.6) is 0 Å². The Morgan fingerprint density at radius 1 is 1.36 bits per heavy atom. The molecule has 0 unspecified atom stereocenters. The van der Waals surface area contributed by atoms with E-state index in [1.165, 1.54) is 6.07 Å². The van der Waals surface area contributed by atoms with Crippen molar-refractivity contribution in [3.05, 3.63) is 34.3 Å². The summed E-state index contributed by atoms with van der Waals surface area (Å²) in [7, 11) is 0. The summed E-state index contributed by atoms with van der Waals surface area (Å²) in [6.07, 6.45) is -4.53. The minimum absolute atomic E-state index is 0.110. The number of rotatable bonds is 1. The third kappa shape index (κ3) is 1.98. The van der Waals surface area contributed by atoms with Gasteiger partial charge in [0.1, 0.15) is 5.84 Å². The summed E-state index contributed by atoms with van der Waals surface area (Å²) in [5.74, 6) is -0.485. The first-order chi connectivity index (χ1) is 6.34. The molecule has 0 saturated heterocycles. The molecule has 2 nitrogen and oxygen atoms in total. The molecule has 0 fully saturated rings. The van der Waals surface area contributed by atoms with Crippen molar-refractivity contribution >= 4 is 17.4 Å². The summed E-state index contributed by atoms with van der Waals surface area (Å²) in [4.78, 5) is 0. The molecule has 0 spiro atoms. The van der Waals surface area contributed by atoms with E-state index in [-0.39, 0.29) is 5.56 Å². The molecular formula is C8H6ClF3N2. The quantitative estimate of drug-likeness (QED) is 0.557. The standard InChI is InChI=1S/C8H6ClF3N2/c9-6-4(7(13)14)2-1-3-5(6)8(10,11)12/h1-3H,(H3,13,14). The smallest absolute Gasteiger partial charge is 0.384 e. The lowest BCUT2D eigenvalue weighted by molar-refractivity contribution is -0.137. The van der Waals surface area contributed by atoms with E-state index in [2.05, 4.69) is 0 Å². The Labute approximate surface area is 83.0 Å². The first-order valence-electron chi connectivity index (χ1n) is 3.54. The summed E-state index contributed by atoms with van der Waals surface area (Å²) in [5.41, 5.74) is 3.97. The molecule has 0 radical (unpaired) electrons. The zero-order valence-electron chi connectivity index (χ0n) is 6.82. The van der Waals surface area contributed by atoms with E-state index in [1.54, 1.807) is 0 Å². The number of alkyl halides is 3. The van der Waals surface area contributed by atoms with Gasteiger partial charge in [0, 0.05) is 5.56 Å². The molecule has 0 saturated carbocycles. The molecule has 3 N–H and O–H groups in total. The van der Waals surface area contributed by atoms with Crippen LogP contribution in [0.2, 0.25) is 5.02 Å². The topological polar surface area (TPSA) is 49.9 Å². The Balaban J connectivity index is 3.35. The molecule has 14 heavy (non-hydrogen) atoms. The maximum atomic E-state index is 12.3. The van der Waals surface area contributed by atoms with E-state index < -0.39 is 22.6 Å². The highest BCUT2D eigenvalue weighted by Crippen LogP contribution is 2.35. The van der Waals surface area contributed by atoms with E-state index in [9.17, 15) is 13.2 Å². The van der Waals surface area contributed by atoms with E-state index in [1.807, 2.05) is 0 Å². The van der Waals surface area contributed by atoms with Crippen molar-refractivity contribution in [3.8, 4) is 0 Å². The lowest BCUT2D eigenvalue weighted by Crippen LogP contribution is -2.14. The molecule has 0 aliphatic carbocycles. The average Bonchev–Trinajstić information content (AvgIpc) is 2.01. The molecule has 6 heteroatoms. The fraction of sp³-hybridized carbons (Fsp3) is 0.125. The van der Waals surface area contributed by atoms with Crippen molar-refractivity contribution in [1.29, 1.82) is 5.41 Å². The van der Waals surface area contributed by atoms with Gasteiger partial charge in [-0.25, -0.2) is 0 Å². The molecular weight excluding hydrogens is 217 g/mol. The molecule has 1 rings (SSSR count). The number of hydrogen-bond acceptors (Lipinski definition) is 1. The van der Waals surface area contributed by atoms with Crippen LogP contribution in [0.25, 0.3) is 0 Å². The van der Waals surface area contributed by atoms with Gasteiger partial charge in [0.05, 0.1) is 10.6 Å². The van der Waals surface area contributed by atoms with Crippen LogP contribution >= 0.6 is 11.6 Å². The number of nitrogen functional groups attached to an aromatic ring is 1. The third-order valence-electron chi connectivity index (χ3n) is 1.59. The summed E-state index contributed by atoms with van der Waals surface area (Å²) < 4.78 is 36.9. The van der Waals surface area contributed by atoms with Gasteiger partial charge < -0.3 is 5.73 Å². The number of benzene rings is 1. The summed E-state index contributed by atoms with van der Waals surface area (Å²) >= 11 is 5.45. The van der Waals surface area contributed by atoms with Gasteiger partial charge >= 0.3 is 6.18 Å². The SMILES string of the molecule is N=C(N)c1cccc(C(F)(F)F)c1Cl. The molecule has 0 atom stereocenters. The Morgan fingerprint density at radius 3 is 2.36 bits per heavy atom. The van der Waals surface area contributed by atoms with Gasteiger partial charge in [-0.3, -0.25) is 5.41 Å². The van der Waals surface area contributed by atoms with E-state index >= 15 is 0 Å². The zero-order chi connectivity index (χ0) is 10.9. The van der Waals surface area contributed by atoms with E-state index in [4.69, 9.17) is 22.7 Å². The molecule has 0 aliphatic heterocycles. The number of nitrogens with two attached hydrogens (primary N) is 1. The summed E-state index contributed by atoms with van der Waals surface area (Å²) in [6.45, 7) is 0. The van der Waals surface area contributed by atoms with Crippen molar-refractivity contribution in [2.75, 3.05) is 0 Å². The number of hydrogen-bond donors (Lipinski definition) is 2. The van der Waals surface area contributed by atoms with Crippen LogP contribution in [0.1, 0.15) is 11.1 Å². The maximum absolute atomic E-state index is 12.3. The molecule has 0 amide bonds. The van der Waals surface area contributed by atoms with Crippen molar-refractivity contribution in [3.63, 3.8) is 0 Å². The average molecular weight is 223 g/mol. The number of amidine groups is 1. The Morgan fingerprint density at radius 2 is 1.93 bits per heavy atom. The van der Waals surface area contributed by atoms with Crippen molar-refractivity contribution in [1.82, 2.24) is 0 Å². The van der Waals surface area contributed by atoms with Gasteiger partial charge in [0.25, 0.3) is 0 Å². The van der Waals surface area contributed by atoms with Gasteiger partial charge in [-0.15, -0.1) is 0 Å². The predicted molar refractivity (Wildman–Crippen MR) is 47.5 cm³/mol. The maximum Gasteiger partial charge on any atom is 0.417 e. The molecule has 0 heterocycles. The van der Waals surface area contributed by atoms with Gasteiger partial charge in [-0.2, -0.15) is 13.2 Å². The third-order valence-corrected chi connectivity index (χ3v) is 2.00. The summed E-state index contributed by atoms with van der Waals surface area (Å²) in [6, 6.07) is 3.26. The van der Waals surface area contributed by atoms with Crippen LogP contribution in [-0.4, -0.2) is 5.84 Å². The normalized spacial score (nSPS) is 11.4. The molecule has 1 aromatic carbocycles. The van der Waals surface area contributed by atoms with Crippen molar-refractivity contribution in [2.45, 2.75) is 6.18 Å². The van der Waals surface area contributed by atoms with Gasteiger partial charge in [0.2, 0.25) is 0 Å². The fourth-order valence-electron chi connectivity index (χ4n) is 0.959. The second-order valence-corrected chi connectivity index (χ2v) is 2.96. The number of nitrogens with one attached hydrogen (secondary N) is 1. The predicted octanol–water partition coefficient (Wildman–Crippen LogP) is 2.64. The monoisotopic (exact) mass is 222 g/mol. The molecule has 76 valence electrons. The minimum atomic E-state index is -4.53. The first kappa shape index (κ1) is 10.8. The van der Waals surface area contributed by atoms with Crippen LogP contribution in [0.15, 0.2) is 18.2 Å². The van der Waals surface area contributed by atoms with E-state index in [0.717, 1.165) is 12.1 Å². The Bertz CT molecular complexity index is 373. The summed E-state index contributed by atoms with van der Waals surface area (Å²) in [5, 5.41) is 6.47. The highest BCUT2D eigenvalue weighted by Gasteiger charge is 2.34. The second kappa shape index (κ2) is 3.49. The van der Waals surface area contributed by atoms with Crippen LogP contribution in [0.4, 0.5) is 13.2 Å². The Kier molecular flexibility index (Phi) is 2.71. The van der Waals surface area contributed by atoms with Crippen LogP contribution in [0, 0.1) is 5.41 Å². The highest BCUT2D eigenvalue weighted by molar-refractivity contribution is 6.34. The van der Waals surface area contributed by atoms with Crippen LogP contribution in [-0.2, 0) is 6.18 Å². The minimum Gasteiger partial charge on any atom is -0.384 e. The van der Waals surface area contributed by atoms with Gasteiger partial charge in [-0.05, 0) is 12.1 Å². The van der Waals surface area contributed by atoms with E-state index in [0.29, 0.717) is 0 Å². The molecule has 1 aromatic rings. The lowest BCUT2D eigenvalue weighted by atomic mass is 10.1. The highest BCUT2D eigenvalue weighted by atomic mass is 35.5. The largest absolute Gasteiger partial charge is 0.417 e. The fourth-order valence-corrected chi connectivity index (χ4v) is 1.29. The lowest BCUT2D eigenvalue weighted by Gasteiger charge is -2.10. The zero-order valence-corrected chi connectivity index (χ0v) is 7.58. The number of halogens is 4. The van der Waals surface area contributed by atoms with Crippen LogP contribution in [0.3, 0.4) is 0 Å². The van der Waals surface area contributed by atoms with Crippen LogP contribution < -0.4 is 5.73 Å². The molecule has 0 bridgehead atoms. The molecule has 0 aliphatic rings. The van der Waals surface area contributed by atoms with Crippen molar-refractivity contribution in [2.24, 2.45) is 5.73 Å².